The number of nitrogen functional groups attached to an aromatic ring is 1. The highest BCUT2D eigenvalue weighted by Gasteiger charge is 2.24. The molecule has 2 aromatic rings. The summed E-state index contributed by atoms with van der Waals surface area (Å²) in [5, 5.41) is 10.8. The predicted molar refractivity (Wildman–Crippen MR) is 65.1 cm³/mol. The second-order valence-electron chi connectivity index (χ2n) is 3.41. The Morgan fingerprint density at radius 1 is 1.28 bits per heavy atom. The molecular formula is C11H10N4O3. The topological polar surface area (TPSA) is 104 Å². The second-order valence-corrected chi connectivity index (χ2v) is 3.41. The third kappa shape index (κ3) is 2.05. The van der Waals surface area contributed by atoms with Crippen LogP contribution in [0.3, 0.4) is 0 Å². The third-order valence-electron chi connectivity index (χ3n) is 2.29. The minimum atomic E-state index is -0.664. The smallest absolute Gasteiger partial charge is 0.372 e. The van der Waals surface area contributed by atoms with E-state index in [-0.39, 0.29) is 17.5 Å². The van der Waals surface area contributed by atoms with Crippen molar-refractivity contribution in [3.05, 3.63) is 40.4 Å². The van der Waals surface area contributed by atoms with E-state index in [9.17, 15) is 10.1 Å². The molecule has 92 valence electrons. The number of rotatable bonds is 3. The lowest BCUT2D eigenvalue weighted by Gasteiger charge is -2.05. The summed E-state index contributed by atoms with van der Waals surface area (Å²) >= 11 is 0. The maximum absolute atomic E-state index is 10.8. The Bertz CT molecular complexity index is 586. The molecule has 0 amide bonds. The predicted octanol–water partition coefficient (Wildman–Crippen LogP) is 1.64. The molecule has 0 radical (unpaired) electrons. The lowest BCUT2D eigenvalue weighted by atomic mass is 10.2. The zero-order valence-corrected chi connectivity index (χ0v) is 9.53. The van der Waals surface area contributed by atoms with Gasteiger partial charge in [0.25, 0.3) is 5.88 Å². The van der Waals surface area contributed by atoms with Crippen molar-refractivity contribution < 1.29 is 9.66 Å². The van der Waals surface area contributed by atoms with E-state index in [1.54, 1.807) is 12.1 Å². The van der Waals surface area contributed by atoms with Gasteiger partial charge in [-0.3, -0.25) is 10.1 Å². The number of aromatic nitrogens is 2. The van der Waals surface area contributed by atoms with Crippen molar-refractivity contribution >= 4 is 11.5 Å². The van der Waals surface area contributed by atoms with Crippen LogP contribution in [0.2, 0.25) is 0 Å². The molecule has 7 heteroatoms. The van der Waals surface area contributed by atoms with Gasteiger partial charge in [0.15, 0.2) is 5.82 Å². The Kier molecular flexibility index (Phi) is 3.05. The molecule has 2 N–H and O–H groups in total. The molecule has 0 fully saturated rings. The highest BCUT2D eigenvalue weighted by atomic mass is 16.6. The Hall–Kier alpha value is -2.70. The van der Waals surface area contributed by atoms with Gasteiger partial charge >= 0.3 is 5.69 Å². The van der Waals surface area contributed by atoms with Gasteiger partial charge in [-0.25, -0.2) is 4.98 Å². The van der Waals surface area contributed by atoms with E-state index in [1.807, 2.05) is 18.2 Å². The van der Waals surface area contributed by atoms with Gasteiger partial charge in [-0.2, -0.15) is 4.98 Å². The largest absolute Gasteiger partial charge is 0.476 e. The highest BCUT2D eigenvalue weighted by Crippen LogP contribution is 2.31. The van der Waals surface area contributed by atoms with Crippen LogP contribution in [-0.2, 0) is 0 Å². The summed E-state index contributed by atoms with van der Waals surface area (Å²) in [7, 11) is 1.30. The van der Waals surface area contributed by atoms with Crippen LogP contribution in [-0.4, -0.2) is 22.0 Å². The zero-order chi connectivity index (χ0) is 13.1. The van der Waals surface area contributed by atoms with Crippen LogP contribution in [0.5, 0.6) is 5.88 Å². The Balaban J connectivity index is 2.60. The first-order valence-electron chi connectivity index (χ1n) is 5.04. The second kappa shape index (κ2) is 4.66. The van der Waals surface area contributed by atoms with Crippen LogP contribution < -0.4 is 10.5 Å². The molecule has 0 saturated heterocycles. The molecule has 0 unspecified atom stereocenters. The van der Waals surface area contributed by atoms with Gasteiger partial charge in [-0.1, -0.05) is 30.3 Å². The van der Waals surface area contributed by atoms with Gasteiger partial charge < -0.3 is 10.5 Å². The van der Waals surface area contributed by atoms with Crippen molar-refractivity contribution in [3.8, 4) is 17.3 Å². The molecule has 0 saturated carbocycles. The molecule has 1 aromatic carbocycles. The fourth-order valence-electron chi connectivity index (χ4n) is 1.48. The van der Waals surface area contributed by atoms with E-state index in [0.717, 1.165) is 0 Å². The molecular weight excluding hydrogens is 236 g/mol. The van der Waals surface area contributed by atoms with Gasteiger partial charge in [-0.05, 0) is 0 Å². The highest BCUT2D eigenvalue weighted by molar-refractivity contribution is 5.65. The minimum Gasteiger partial charge on any atom is -0.476 e. The monoisotopic (exact) mass is 246 g/mol. The van der Waals surface area contributed by atoms with Gasteiger partial charge in [0, 0.05) is 5.56 Å². The zero-order valence-electron chi connectivity index (χ0n) is 9.53. The Morgan fingerprint density at radius 2 is 1.94 bits per heavy atom. The molecule has 0 spiro atoms. The molecule has 0 bridgehead atoms. The summed E-state index contributed by atoms with van der Waals surface area (Å²) in [6, 6.07) is 9.01. The SMILES string of the molecule is COc1nc(-c2ccccc2)nc(N)c1[N+](=O)[O-]. The van der Waals surface area contributed by atoms with Gasteiger partial charge in [0.1, 0.15) is 0 Å². The summed E-state index contributed by atoms with van der Waals surface area (Å²) in [5.41, 5.74) is 5.85. The van der Waals surface area contributed by atoms with Crippen molar-refractivity contribution in [1.29, 1.82) is 0 Å². The molecule has 1 heterocycles. The standard InChI is InChI=1S/C11H10N4O3/c1-18-11-8(15(16)17)9(12)13-10(14-11)7-5-3-2-4-6-7/h2-6H,1H3,(H2,12,13,14). The Labute approximate surface area is 102 Å². The number of nitrogens with two attached hydrogens (primary N) is 1. The van der Waals surface area contributed by atoms with E-state index in [4.69, 9.17) is 10.5 Å². The van der Waals surface area contributed by atoms with E-state index in [1.165, 1.54) is 7.11 Å². The summed E-state index contributed by atoms with van der Waals surface area (Å²) < 4.78 is 4.88. The number of ether oxygens (including phenoxy) is 1. The fraction of sp³-hybridized carbons (Fsp3) is 0.0909. The number of methoxy groups -OCH3 is 1. The number of benzene rings is 1. The molecule has 7 nitrogen and oxygen atoms in total. The number of hydrogen-bond donors (Lipinski definition) is 1. The number of hydrogen-bond acceptors (Lipinski definition) is 6. The molecule has 0 aliphatic carbocycles. The molecule has 0 atom stereocenters. The summed E-state index contributed by atoms with van der Waals surface area (Å²) in [6.07, 6.45) is 0. The first-order valence-corrected chi connectivity index (χ1v) is 5.04. The van der Waals surface area contributed by atoms with Crippen molar-refractivity contribution in [3.63, 3.8) is 0 Å². The summed E-state index contributed by atoms with van der Waals surface area (Å²) in [5.74, 6) is -0.0763. The van der Waals surface area contributed by atoms with Crippen LogP contribution in [0, 0.1) is 10.1 Å². The number of nitrogens with zero attached hydrogens (tertiary/aromatic N) is 3. The van der Waals surface area contributed by atoms with Crippen LogP contribution >= 0.6 is 0 Å². The average Bonchev–Trinajstić information content (AvgIpc) is 2.38. The summed E-state index contributed by atoms with van der Waals surface area (Å²) in [4.78, 5) is 18.1. The van der Waals surface area contributed by atoms with Gasteiger partial charge in [0.05, 0.1) is 12.0 Å². The number of nitro groups is 1. The van der Waals surface area contributed by atoms with E-state index in [0.29, 0.717) is 5.56 Å². The Morgan fingerprint density at radius 3 is 2.50 bits per heavy atom. The lowest BCUT2D eigenvalue weighted by molar-refractivity contribution is -0.385. The van der Waals surface area contributed by atoms with Crippen molar-refractivity contribution in [2.45, 2.75) is 0 Å². The van der Waals surface area contributed by atoms with Gasteiger partial charge in [-0.15, -0.1) is 0 Å². The van der Waals surface area contributed by atoms with Crippen molar-refractivity contribution in [2.75, 3.05) is 12.8 Å². The van der Waals surface area contributed by atoms with Crippen LogP contribution in [0.1, 0.15) is 0 Å². The van der Waals surface area contributed by atoms with E-state index in [2.05, 4.69) is 9.97 Å². The first-order chi connectivity index (χ1) is 8.63. The van der Waals surface area contributed by atoms with Crippen LogP contribution in [0.15, 0.2) is 30.3 Å². The third-order valence-corrected chi connectivity index (χ3v) is 2.29. The fourth-order valence-corrected chi connectivity index (χ4v) is 1.48. The van der Waals surface area contributed by atoms with Crippen LogP contribution in [0.25, 0.3) is 11.4 Å². The maximum atomic E-state index is 10.8. The van der Waals surface area contributed by atoms with Gasteiger partial charge in [0.2, 0.25) is 5.82 Å². The van der Waals surface area contributed by atoms with E-state index < -0.39 is 10.6 Å². The quantitative estimate of drug-likeness (QED) is 0.652. The van der Waals surface area contributed by atoms with E-state index >= 15 is 0 Å². The first kappa shape index (κ1) is 11.8. The maximum Gasteiger partial charge on any atom is 0.372 e. The molecule has 0 aliphatic rings. The van der Waals surface area contributed by atoms with Crippen LogP contribution in [0.4, 0.5) is 11.5 Å². The lowest BCUT2D eigenvalue weighted by Crippen LogP contribution is -2.05. The van der Waals surface area contributed by atoms with Crippen molar-refractivity contribution in [2.24, 2.45) is 0 Å². The summed E-state index contributed by atoms with van der Waals surface area (Å²) in [6.45, 7) is 0. The molecule has 0 aliphatic heterocycles. The normalized spacial score (nSPS) is 10.1. The molecule has 2 rings (SSSR count). The van der Waals surface area contributed by atoms with Crippen molar-refractivity contribution in [1.82, 2.24) is 9.97 Å². The average molecular weight is 246 g/mol. The minimum absolute atomic E-state index is 0.147. The number of anilines is 1. The molecule has 1 aromatic heterocycles. The molecule has 18 heavy (non-hydrogen) atoms.